The molecule has 1 aromatic carbocycles. The van der Waals surface area contributed by atoms with Crippen molar-refractivity contribution < 1.29 is 13.2 Å². The average molecular weight is 298 g/mol. The second-order valence-electron chi connectivity index (χ2n) is 4.85. The lowest BCUT2D eigenvalue weighted by atomic mass is 10.1. The molecule has 1 rings (SSSR count). The summed E-state index contributed by atoms with van der Waals surface area (Å²) in [7, 11) is -3.17. The van der Waals surface area contributed by atoms with E-state index in [2.05, 4.69) is 10.6 Å². The lowest BCUT2D eigenvalue weighted by Crippen LogP contribution is -2.43. The number of nitrogens with one attached hydrogen (secondary N) is 2. The third-order valence-electron chi connectivity index (χ3n) is 3.05. The van der Waals surface area contributed by atoms with Crippen molar-refractivity contribution in [3.8, 4) is 0 Å². The highest BCUT2D eigenvalue weighted by molar-refractivity contribution is 7.90. The normalized spacial score (nSPS) is 14.6. The molecule has 2 atom stereocenters. The minimum absolute atomic E-state index is 0.0405. The molecule has 2 unspecified atom stereocenters. The first-order chi connectivity index (χ1) is 9.25. The van der Waals surface area contributed by atoms with Gasteiger partial charge in [-0.05, 0) is 38.5 Å². The number of carbonyl (C=O) groups excluding carboxylic acids is 1. The molecule has 5 nitrogen and oxygen atoms in total. The molecule has 0 aliphatic rings. The van der Waals surface area contributed by atoms with Gasteiger partial charge in [-0.15, -0.1) is 0 Å². The summed E-state index contributed by atoms with van der Waals surface area (Å²) in [6.45, 7) is 6.21. The van der Waals surface area contributed by atoms with Crippen LogP contribution in [0, 0.1) is 0 Å². The molecule has 112 valence electrons. The Hall–Kier alpha value is -1.40. The molecular weight excluding hydrogens is 276 g/mol. The molecule has 0 aliphatic heterocycles. The quantitative estimate of drug-likeness (QED) is 0.829. The van der Waals surface area contributed by atoms with Gasteiger partial charge in [-0.25, -0.2) is 8.42 Å². The first-order valence-electron chi connectivity index (χ1n) is 6.59. The molecule has 20 heavy (non-hydrogen) atoms. The van der Waals surface area contributed by atoms with Crippen molar-refractivity contribution in [2.75, 3.05) is 12.8 Å². The Morgan fingerprint density at radius 3 is 2.20 bits per heavy atom. The summed E-state index contributed by atoms with van der Waals surface area (Å²) in [4.78, 5) is 11.9. The Kier molecular flexibility index (Phi) is 5.71. The molecule has 0 aliphatic carbocycles. The van der Waals surface area contributed by atoms with Gasteiger partial charge in [0.25, 0.3) is 0 Å². The summed E-state index contributed by atoms with van der Waals surface area (Å²) in [6.07, 6.45) is 1.18. The third kappa shape index (κ3) is 4.61. The molecule has 0 radical (unpaired) electrons. The molecule has 0 bridgehead atoms. The van der Waals surface area contributed by atoms with E-state index in [1.54, 1.807) is 31.2 Å². The SMILES string of the molecule is CCNC(=O)C(C)NC(C)c1ccc(S(C)(=O)=O)cc1. The summed E-state index contributed by atoms with van der Waals surface area (Å²) in [5, 5.41) is 5.93. The average Bonchev–Trinajstić information content (AvgIpc) is 2.38. The maximum absolute atomic E-state index is 11.6. The van der Waals surface area contributed by atoms with Gasteiger partial charge in [0.2, 0.25) is 5.91 Å². The zero-order valence-electron chi connectivity index (χ0n) is 12.3. The van der Waals surface area contributed by atoms with Crippen LogP contribution in [-0.4, -0.2) is 33.2 Å². The molecule has 6 heteroatoms. The van der Waals surface area contributed by atoms with Gasteiger partial charge >= 0.3 is 0 Å². The van der Waals surface area contributed by atoms with Crippen LogP contribution in [0.3, 0.4) is 0 Å². The molecule has 1 amide bonds. The van der Waals surface area contributed by atoms with Crippen LogP contribution in [0.2, 0.25) is 0 Å². The predicted molar refractivity (Wildman–Crippen MR) is 79.2 cm³/mol. The number of rotatable bonds is 6. The fourth-order valence-corrected chi connectivity index (χ4v) is 2.51. The van der Waals surface area contributed by atoms with Crippen LogP contribution in [0.5, 0.6) is 0 Å². The van der Waals surface area contributed by atoms with Crippen LogP contribution in [0.25, 0.3) is 0 Å². The van der Waals surface area contributed by atoms with Crippen LogP contribution in [0.15, 0.2) is 29.2 Å². The van der Waals surface area contributed by atoms with Crippen LogP contribution >= 0.6 is 0 Å². The maximum Gasteiger partial charge on any atom is 0.236 e. The van der Waals surface area contributed by atoms with Gasteiger partial charge in [-0.2, -0.15) is 0 Å². The fourth-order valence-electron chi connectivity index (χ4n) is 1.88. The maximum atomic E-state index is 11.6. The summed E-state index contributed by atoms with van der Waals surface area (Å²) in [6, 6.07) is 6.34. The number of hydrogen-bond donors (Lipinski definition) is 2. The number of carbonyl (C=O) groups is 1. The number of amides is 1. The summed E-state index contributed by atoms with van der Waals surface area (Å²) < 4.78 is 22.8. The van der Waals surface area contributed by atoms with E-state index in [1.807, 2.05) is 13.8 Å². The van der Waals surface area contributed by atoms with Gasteiger partial charge in [0.1, 0.15) is 0 Å². The number of likely N-dealkylation sites (N-methyl/N-ethyl adjacent to an activating group) is 1. The highest BCUT2D eigenvalue weighted by atomic mass is 32.2. The monoisotopic (exact) mass is 298 g/mol. The first-order valence-corrected chi connectivity index (χ1v) is 8.48. The van der Waals surface area contributed by atoms with Crippen molar-refractivity contribution in [3.63, 3.8) is 0 Å². The van der Waals surface area contributed by atoms with Crippen molar-refractivity contribution in [2.24, 2.45) is 0 Å². The number of benzene rings is 1. The molecule has 0 heterocycles. The Labute approximate surface area is 120 Å². The minimum atomic E-state index is -3.17. The van der Waals surface area contributed by atoms with E-state index in [-0.39, 0.29) is 18.0 Å². The van der Waals surface area contributed by atoms with Gasteiger partial charge in [-0.1, -0.05) is 12.1 Å². The van der Waals surface area contributed by atoms with Crippen molar-refractivity contribution >= 4 is 15.7 Å². The topological polar surface area (TPSA) is 75.3 Å². The van der Waals surface area contributed by atoms with E-state index >= 15 is 0 Å². The van der Waals surface area contributed by atoms with E-state index in [1.165, 1.54) is 6.26 Å². The van der Waals surface area contributed by atoms with Crippen LogP contribution in [0.1, 0.15) is 32.4 Å². The van der Waals surface area contributed by atoms with Crippen molar-refractivity contribution in [2.45, 2.75) is 37.8 Å². The third-order valence-corrected chi connectivity index (χ3v) is 4.18. The van der Waals surface area contributed by atoms with Crippen molar-refractivity contribution in [3.05, 3.63) is 29.8 Å². The Bertz CT molecular complexity index is 552. The largest absolute Gasteiger partial charge is 0.355 e. The summed E-state index contributed by atoms with van der Waals surface area (Å²) >= 11 is 0. The molecule has 0 saturated carbocycles. The Morgan fingerprint density at radius 1 is 1.20 bits per heavy atom. The molecule has 0 fully saturated rings. The highest BCUT2D eigenvalue weighted by Crippen LogP contribution is 2.16. The number of sulfone groups is 1. The van der Waals surface area contributed by atoms with E-state index in [4.69, 9.17) is 0 Å². The Balaban J connectivity index is 2.73. The van der Waals surface area contributed by atoms with Gasteiger partial charge < -0.3 is 5.32 Å². The zero-order valence-corrected chi connectivity index (χ0v) is 13.1. The van der Waals surface area contributed by atoms with Crippen LogP contribution < -0.4 is 10.6 Å². The summed E-state index contributed by atoms with van der Waals surface area (Å²) in [5.41, 5.74) is 0.938. The standard InChI is InChI=1S/C14H22N2O3S/c1-5-15-14(17)11(3)16-10(2)12-6-8-13(9-7-12)20(4,18)19/h6-11,16H,5H2,1-4H3,(H,15,17). The molecule has 0 spiro atoms. The smallest absolute Gasteiger partial charge is 0.236 e. The van der Waals surface area contributed by atoms with Gasteiger partial charge in [0, 0.05) is 18.8 Å². The van der Waals surface area contributed by atoms with Crippen LogP contribution in [-0.2, 0) is 14.6 Å². The second-order valence-corrected chi connectivity index (χ2v) is 6.86. The van der Waals surface area contributed by atoms with E-state index in [0.29, 0.717) is 11.4 Å². The fraction of sp³-hybridized carbons (Fsp3) is 0.500. The van der Waals surface area contributed by atoms with Crippen molar-refractivity contribution in [1.82, 2.24) is 10.6 Å². The molecular formula is C14H22N2O3S. The first kappa shape index (κ1) is 16.7. The Morgan fingerprint density at radius 2 is 1.75 bits per heavy atom. The zero-order chi connectivity index (χ0) is 15.3. The second kappa shape index (κ2) is 6.85. The van der Waals surface area contributed by atoms with Crippen LogP contribution in [0.4, 0.5) is 0 Å². The van der Waals surface area contributed by atoms with Gasteiger partial charge in [-0.3, -0.25) is 10.1 Å². The van der Waals surface area contributed by atoms with Crippen molar-refractivity contribution in [1.29, 1.82) is 0 Å². The van der Waals surface area contributed by atoms with Gasteiger partial charge in [0.15, 0.2) is 9.84 Å². The van der Waals surface area contributed by atoms with Gasteiger partial charge in [0.05, 0.1) is 10.9 Å². The summed E-state index contributed by atoms with van der Waals surface area (Å²) in [5.74, 6) is -0.0490. The number of hydrogen-bond acceptors (Lipinski definition) is 4. The van der Waals surface area contributed by atoms with E-state index in [0.717, 1.165) is 5.56 Å². The molecule has 0 aromatic heterocycles. The van der Waals surface area contributed by atoms with E-state index in [9.17, 15) is 13.2 Å². The molecule has 2 N–H and O–H groups in total. The minimum Gasteiger partial charge on any atom is -0.355 e. The van der Waals surface area contributed by atoms with E-state index < -0.39 is 9.84 Å². The molecule has 1 aromatic rings. The molecule has 0 saturated heterocycles. The highest BCUT2D eigenvalue weighted by Gasteiger charge is 2.16. The lowest BCUT2D eigenvalue weighted by molar-refractivity contribution is -0.122. The lowest BCUT2D eigenvalue weighted by Gasteiger charge is -2.19. The predicted octanol–water partition coefficient (Wildman–Crippen LogP) is 1.27.